The number of phosphoric ester groups is 1. The fourth-order valence-electron chi connectivity index (χ4n) is 8.65. The number of likely N-dealkylation sites (N-methyl/N-ethyl adjacent to an activating group) is 1. The molecule has 0 spiro atoms. The number of hydrogen-bond acceptors (Lipinski definition) is 6. The molecule has 0 heterocycles. The first kappa shape index (κ1) is 77.2. The minimum Gasteiger partial charge on any atom is -0.456 e. The molecule has 2 N–H and O–H groups in total. The van der Waals surface area contributed by atoms with Crippen LogP contribution in [0.25, 0.3) is 0 Å². The summed E-state index contributed by atoms with van der Waals surface area (Å²) in [6.45, 7) is 6.73. The number of rotatable bonds is 57. The van der Waals surface area contributed by atoms with Crippen LogP contribution < -0.4 is 5.32 Å². The fourth-order valence-corrected chi connectivity index (χ4v) is 9.38. The third-order valence-corrected chi connectivity index (χ3v) is 14.6. The number of nitrogens with zero attached hydrogens (tertiary/aromatic N) is 1. The third-order valence-electron chi connectivity index (χ3n) is 13.6. The van der Waals surface area contributed by atoms with Crippen LogP contribution in [0.1, 0.15) is 252 Å². The van der Waals surface area contributed by atoms with Crippen LogP contribution in [0.4, 0.5) is 0 Å². The number of hydrogen-bond donors (Lipinski definition) is 2. The van der Waals surface area contributed by atoms with Gasteiger partial charge in [-0.3, -0.25) is 18.6 Å². The van der Waals surface area contributed by atoms with Crippen LogP contribution in [0.15, 0.2) is 134 Å². The second-order valence-corrected chi connectivity index (χ2v) is 24.0. The van der Waals surface area contributed by atoms with Crippen molar-refractivity contribution in [3.05, 3.63) is 134 Å². The summed E-state index contributed by atoms with van der Waals surface area (Å²) in [6.07, 6.45) is 84.7. The molecule has 0 saturated heterocycles. The van der Waals surface area contributed by atoms with Gasteiger partial charge in [0.15, 0.2) is 0 Å². The average Bonchev–Trinajstić information content (AvgIpc) is 3.43. The highest BCUT2D eigenvalue weighted by Gasteiger charge is 2.30. The number of esters is 1. The van der Waals surface area contributed by atoms with Gasteiger partial charge in [-0.2, -0.15) is 0 Å². The molecule has 3 atom stereocenters. The topological polar surface area (TPSA) is 111 Å². The molecule has 3 unspecified atom stereocenters. The van der Waals surface area contributed by atoms with Gasteiger partial charge in [0.2, 0.25) is 5.91 Å². The van der Waals surface area contributed by atoms with E-state index in [4.69, 9.17) is 13.8 Å². The van der Waals surface area contributed by atoms with Gasteiger partial charge in [-0.15, -0.1) is 0 Å². The van der Waals surface area contributed by atoms with Crippen molar-refractivity contribution in [3.8, 4) is 0 Å². The highest BCUT2D eigenvalue weighted by Crippen LogP contribution is 2.43. The van der Waals surface area contributed by atoms with Gasteiger partial charge >= 0.3 is 13.8 Å². The van der Waals surface area contributed by atoms with Crippen molar-refractivity contribution in [2.75, 3.05) is 40.9 Å². The molecule has 0 aromatic heterocycles. The molecule has 0 aliphatic rings. The number of carbonyl (C=O) groups is 2. The summed E-state index contributed by atoms with van der Waals surface area (Å²) >= 11 is 0. The summed E-state index contributed by atoms with van der Waals surface area (Å²) < 4.78 is 30.7. The van der Waals surface area contributed by atoms with E-state index < -0.39 is 20.0 Å². The van der Waals surface area contributed by atoms with E-state index in [9.17, 15) is 19.0 Å². The van der Waals surface area contributed by atoms with Gasteiger partial charge in [0.05, 0.1) is 33.8 Å². The van der Waals surface area contributed by atoms with Crippen molar-refractivity contribution in [2.24, 2.45) is 0 Å². The lowest BCUT2D eigenvalue weighted by Gasteiger charge is -2.27. The molecule has 1 amide bonds. The summed E-state index contributed by atoms with van der Waals surface area (Å²) in [4.78, 5) is 37.7. The number of amides is 1. The van der Waals surface area contributed by atoms with Crippen molar-refractivity contribution in [2.45, 2.75) is 264 Å². The van der Waals surface area contributed by atoms with E-state index in [-0.39, 0.29) is 31.5 Å². The highest BCUT2D eigenvalue weighted by atomic mass is 31.2. The standard InChI is InChI=1S/C71H121N2O7P/c1-7-10-13-16-19-22-25-27-29-31-32-33-34-35-36-37-38-39-40-42-43-45-48-51-54-57-60-63-70(74)72-68(67-79-81(76,77)78-66-65-73(4,5)6)69(62-59-56-53-50-47-24-21-18-15-12-9-3)80-71(75)64-61-58-55-52-49-46-44-41-30-28-26-23-20-17-14-11-8-2/h10-11,13-14,19-20,22-23,27-30,32-33,35-36,44,46,52,55,59,62,68-69H,7-9,12,15-18,21,24-26,31,34,37-43,45,47-51,53-54,56-58,60-61,63-67H2,1-6H3,(H-,72,74,76,77)/p+1/b13-10-,14-11-,22-19-,23-20-,29-27-,30-28-,33-32-,36-35-,46-44-,55-52-,62-59-. The first-order chi connectivity index (χ1) is 39.4. The zero-order valence-electron chi connectivity index (χ0n) is 52.7. The number of carbonyl (C=O) groups excluding carboxylic acids is 2. The predicted molar refractivity (Wildman–Crippen MR) is 350 cm³/mol. The zero-order chi connectivity index (χ0) is 59.3. The van der Waals surface area contributed by atoms with Gasteiger partial charge in [0.25, 0.3) is 0 Å². The molecule has 10 heteroatoms. The molecule has 0 saturated carbocycles. The Morgan fingerprint density at radius 1 is 0.444 bits per heavy atom. The number of nitrogens with one attached hydrogen (secondary N) is 1. The molecule has 0 aliphatic carbocycles. The monoisotopic (exact) mass is 1150 g/mol. The number of phosphoric acid groups is 1. The van der Waals surface area contributed by atoms with Crippen LogP contribution in [0, 0.1) is 0 Å². The Labute approximate surface area is 498 Å². The molecule has 0 bridgehead atoms. The fraction of sp³-hybridized carbons (Fsp3) is 0.662. The van der Waals surface area contributed by atoms with Crippen LogP contribution in [-0.2, 0) is 27.9 Å². The SMILES string of the molecule is CC/C=C\C/C=C\C/C=C\C/C=C\C/C=C\CCCCCCCCCCCCCC(=O)NC(COP(=O)(O)OCC[N+](C)(C)C)C(/C=C\CCCCCCCCCCC)OC(=O)CCC/C=C\C/C=C\C/C=C\C/C=C\C/C=C\CC. The Hall–Kier alpha value is -3.85. The average molecular weight is 1150 g/mol. The van der Waals surface area contributed by atoms with Crippen LogP contribution in [-0.4, -0.2) is 74.3 Å². The summed E-state index contributed by atoms with van der Waals surface area (Å²) in [7, 11) is 1.45. The third kappa shape index (κ3) is 60.6. The molecule has 0 aromatic rings. The van der Waals surface area contributed by atoms with Crippen LogP contribution in [0.5, 0.6) is 0 Å². The summed E-state index contributed by atoms with van der Waals surface area (Å²) in [5, 5.41) is 3.04. The molecule has 0 rings (SSSR count). The van der Waals surface area contributed by atoms with Crippen LogP contribution in [0.2, 0.25) is 0 Å². The van der Waals surface area contributed by atoms with Gasteiger partial charge in [0.1, 0.15) is 19.3 Å². The molecule has 0 aromatic carbocycles. The van der Waals surface area contributed by atoms with E-state index >= 15 is 0 Å². The number of allylic oxidation sites excluding steroid dienone is 21. The van der Waals surface area contributed by atoms with E-state index in [0.29, 0.717) is 23.9 Å². The Morgan fingerprint density at radius 3 is 1.21 bits per heavy atom. The first-order valence-electron chi connectivity index (χ1n) is 32.5. The second-order valence-electron chi connectivity index (χ2n) is 22.5. The Balaban J connectivity index is 5.15. The first-order valence-corrected chi connectivity index (χ1v) is 34.0. The summed E-state index contributed by atoms with van der Waals surface area (Å²) in [5.74, 6) is -0.585. The lowest BCUT2D eigenvalue weighted by Crippen LogP contribution is -2.47. The Kier molecular flexibility index (Phi) is 56.5. The minimum atomic E-state index is -4.47. The number of ether oxygens (including phenoxy) is 1. The smallest absolute Gasteiger partial charge is 0.456 e. The van der Waals surface area contributed by atoms with E-state index in [1.165, 1.54) is 89.9 Å². The number of unbranched alkanes of at least 4 members (excludes halogenated alkanes) is 21. The molecule has 9 nitrogen and oxygen atoms in total. The van der Waals surface area contributed by atoms with Crippen molar-refractivity contribution in [1.29, 1.82) is 0 Å². The maximum Gasteiger partial charge on any atom is 0.472 e. The minimum absolute atomic E-state index is 0.0240. The highest BCUT2D eigenvalue weighted by molar-refractivity contribution is 7.47. The van der Waals surface area contributed by atoms with Gasteiger partial charge in [-0.05, 0) is 115 Å². The van der Waals surface area contributed by atoms with E-state index in [1.54, 1.807) is 0 Å². The molecule has 462 valence electrons. The normalized spacial score (nSPS) is 14.5. The summed E-state index contributed by atoms with van der Waals surface area (Å²) in [5.41, 5.74) is 0. The molecule has 0 fully saturated rings. The van der Waals surface area contributed by atoms with Crippen LogP contribution in [0.3, 0.4) is 0 Å². The van der Waals surface area contributed by atoms with Gasteiger partial charge in [-0.1, -0.05) is 258 Å². The molecule has 0 aliphatic heterocycles. The number of quaternary nitrogens is 1. The van der Waals surface area contributed by atoms with Gasteiger partial charge in [0, 0.05) is 12.8 Å². The maximum atomic E-state index is 13.6. The quantitative estimate of drug-likeness (QED) is 0.0205. The van der Waals surface area contributed by atoms with Crippen LogP contribution >= 0.6 is 7.82 Å². The lowest BCUT2D eigenvalue weighted by atomic mass is 10.0. The van der Waals surface area contributed by atoms with Crippen molar-refractivity contribution in [1.82, 2.24) is 5.32 Å². The molecule has 0 radical (unpaired) electrons. The largest absolute Gasteiger partial charge is 0.472 e. The lowest BCUT2D eigenvalue weighted by molar-refractivity contribution is -0.870. The second kappa shape index (κ2) is 59.3. The Morgan fingerprint density at radius 2 is 0.802 bits per heavy atom. The molecular formula is C71H122N2O7P+. The molecule has 81 heavy (non-hydrogen) atoms. The van der Waals surface area contributed by atoms with Crippen molar-refractivity contribution < 1.29 is 37.3 Å². The van der Waals surface area contributed by atoms with Gasteiger partial charge in [-0.25, -0.2) is 4.57 Å². The Bertz CT molecular complexity index is 1850. The van der Waals surface area contributed by atoms with E-state index in [1.807, 2.05) is 33.3 Å². The maximum absolute atomic E-state index is 13.6. The zero-order valence-corrected chi connectivity index (χ0v) is 53.6. The van der Waals surface area contributed by atoms with E-state index in [2.05, 4.69) is 148 Å². The molecular weight excluding hydrogens is 1020 g/mol. The van der Waals surface area contributed by atoms with Crippen molar-refractivity contribution >= 4 is 19.7 Å². The van der Waals surface area contributed by atoms with E-state index in [0.717, 1.165) is 122 Å². The van der Waals surface area contributed by atoms with Crippen molar-refractivity contribution in [3.63, 3.8) is 0 Å². The predicted octanol–water partition coefficient (Wildman–Crippen LogP) is 20.4. The summed E-state index contributed by atoms with van der Waals surface area (Å²) in [6, 6.07) is -0.882. The van der Waals surface area contributed by atoms with Gasteiger partial charge < -0.3 is 19.4 Å².